The highest BCUT2D eigenvalue weighted by Crippen LogP contribution is 1.98. The van der Waals surface area contributed by atoms with E-state index < -0.39 is 20.0 Å². The van der Waals surface area contributed by atoms with Crippen LogP contribution in [0.5, 0.6) is 0 Å². The van der Waals surface area contributed by atoms with Crippen LogP contribution in [0.4, 0.5) is 0 Å². The van der Waals surface area contributed by atoms with Crippen molar-refractivity contribution in [3.05, 3.63) is 0 Å². The summed E-state index contributed by atoms with van der Waals surface area (Å²) in [6, 6.07) is 1.76. The van der Waals surface area contributed by atoms with Gasteiger partial charge in [0.15, 0.2) is 0 Å². The maximum Gasteiger partial charge on any atom is 0.222 e. The van der Waals surface area contributed by atoms with Gasteiger partial charge >= 0.3 is 0 Å². The molecule has 2 amide bonds. The molecule has 276 valence electrons. The zero-order valence-corrected chi connectivity index (χ0v) is 34.2. The van der Waals surface area contributed by atoms with Gasteiger partial charge in [0.25, 0.3) is 0 Å². The molecule has 0 aliphatic rings. The number of sulfonamides is 2. The molecule has 11 nitrogen and oxygen atoms in total. The average Bonchev–Trinajstić information content (AvgIpc) is 2.77. The van der Waals surface area contributed by atoms with Crippen LogP contribution in [0.3, 0.4) is 0 Å². The smallest absolute Gasteiger partial charge is 0.222 e. The highest BCUT2D eigenvalue weighted by molar-refractivity contribution is 7.90. The summed E-state index contributed by atoms with van der Waals surface area (Å²) in [4.78, 5) is 21.7. The van der Waals surface area contributed by atoms with Crippen LogP contribution in [-0.4, -0.2) is 75.4 Å². The first-order valence-corrected chi connectivity index (χ1v) is 19.4. The van der Waals surface area contributed by atoms with E-state index in [0.29, 0.717) is 12.1 Å². The van der Waals surface area contributed by atoms with Crippen molar-refractivity contribution in [2.75, 3.05) is 0 Å². The van der Waals surface area contributed by atoms with Gasteiger partial charge in [0.2, 0.25) is 31.9 Å². The van der Waals surface area contributed by atoms with Gasteiger partial charge in [0, 0.05) is 48.1 Å². The molecule has 0 fully saturated rings. The summed E-state index contributed by atoms with van der Waals surface area (Å²) in [6.07, 6.45) is 0. The first-order valence-electron chi connectivity index (χ1n) is 16.3. The number of hydrogen-bond donors (Lipinski definition) is 5. The Morgan fingerprint density at radius 1 is 0.378 bits per heavy atom. The number of carbonyl (C=O) groups is 2. The molecule has 0 aliphatic heterocycles. The first-order chi connectivity index (χ1) is 19.9. The molecule has 0 aromatic carbocycles. The molecule has 0 spiro atoms. The molecule has 0 aromatic heterocycles. The van der Waals surface area contributed by atoms with Crippen molar-refractivity contribution >= 4 is 31.9 Å². The van der Waals surface area contributed by atoms with Gasteiger partial charge in [-0.15, -0.1) is 0 Å². The predicted octanol–water partition coefficient (Wildman–Crippen LogP) is 5.17. The third-order valence-electron chi connectivity index (χ3n) is 4.62. The van der Waals surface area contributed by atoms with Crippen LogP contribution in [0.1, 0.15) is 138 Å². The third kappa shape index (κ3) is 42.7. The number of amides is 2. The predicted molar refractivity (Wildman–Crippen MR) is 194 cm³/mol. The summed E-state index contributed by atoms with van der Waals surface area (Å²) >= 11 is 0. The second kappa shape index (κ2) is 27.8. The molecule has 0 aromatic rings. The summed E-state index contributed by atoms with van der Waals surface area (Å²) in [5.74, 6) is 0.467. The Morgan fingerprint density at radius 3 is 0.644 bits per heavy atom. The van der Waals surface area contributed by atoms with Gasteiger partial charge in [-0.3, -0.25) is 9.59 Å². The van der Waals surface area contributed by atoms with E-state index in [1.54, 1.807) is 55.4 Å². The van der Waals surface area contributed by atoms with Crippen LogP contribution in [0, 0.1) is 11.8 Å². The second-order valence-corrected chi connectivity index (χ2v) is 18.4. The topological polar surface area (TPSA) is 163 Å². The Labute approximate surface area is 280 Å². The molecule has 0 atom stereocenters. The SMILES string of the molecule is CC(C)NC(=O)C(C)C.CC(C)NC(=O)C(C)C.CC(C)NC(C)C.CC(C)NS(=O)(=O)C(C)C.CC(C)NS(=O)(=O)C(C)C. The molecule has 0 saturated heterocycles. The average molecular weight is 690 g/mol. The zero-order chi connectivity index (χ0) is 37.5. The molecular formula is C32H75N5O6S2. The monoisotopic (exact) mass is 690 g/mol. The highest BCUT2D eigenvalue weighted by atomic mass is 32.2. The van der Waals surface area contributed by atoms with E-state index in [0.717, 1.165) is 0 Å². The van der Waals surface area contributed by atoms with Crippen LogP contribution in [0.25, 0.3) is 0 Å². The zero-order valence-electron chi connectivity index (χ0n) is 32.5. The van der Waals surface area contributed by atoms with Gasteiger partial charge < -0.3 is 16.0 Å². The quantitative estimate of drug-likeness (QED) is 0.189. The summed E-state index contributed by atoms with van der Waals surface area (Å²) in [5, 5.41) is 8.24. The largest absolute Gasteiger partial charge is 0.354 e. The molecule has 0 radical (unpaired) electrons. The van der Waals surface area contributed by atoms with Gasteiger partial charge in [-0.1, -0.05) is 55.4 Å². The molecule has 13 heteroatoms. The fourth-order valence-electron chi connectivity index (χ4n) is 2.50. The number of rotatable bonds is 12. The number of carbonyl (C=O) groups excluding carboxylic acids is 2. The molecule has 0 rings (SSSR count). The lowest BCUT2D eigenvalue weighted by Crippen LogP contribution is -2.35. The van der Waals surface area contributed by atoms with Gasteiger partial charge in [0.1, 0.15) is 0 Å². The fraction of sp³-hybridized carbons (Fsp3) is 0.938. The Kier molecular flexibility index (Phi) is 32.9. The maximum atomic E-state index is 11.0. The Hall–Kier alpha value is -1.28. The molecule has 0 unspecified atom stereocenters. The van der Waals surface area contributed by atoms with Crippen LogP contribution in [0.2, 0.25) is 0 Å². The molecule has 0 saturated carbocycles. The minimum absolute atomic E-state index is 0.00704. The summed E-state index contributed by atoms with van der Waals surface area (Å²) in [6.45, 7) is 37.8. The fourth-order valence-corrected chi connectivity index (χ4v) is 4.36. The third-order valence-corrected chi connectivity index (χ3v) is 8.70. The lowest BCUT2D eigenvalue weighted by molar-refractivity contribution is -0.125. The van der Waals surface area contributed by atoms with E-state index in [2.05, 4.69) is 53.1 Å². The molecule has 0 aliphatic carbocycles. The minimum Gasteiger partial charge on any atom is -0.354 e. The van der Waals surface area contributed by atoms with Crippen LogP contribution < -0.4 is 25.4 Å². The Morgan fingerprint density at radius 2 is 0.600 bits per heavy atom. The van der Waals surface area contributed by atoms with Crippen molar-refractivity contribution in [2.45, 2.75) is 185 Å². The number of hydrogen-bond acceptors (Lipinski definition) is 7. The number of nitrogens with one attached hydrogen (secondary N) is 5. The van der Waals surface area contributed by atoms with E-state index in [9.17, 15) is 26.4 Å². The van der Waals surface area contributed by atoms with Crippen molar-refractivity contribution in [3.63, 3.8) is 0 Å². The van der Waals surface area contributed by atoms with Gasteiger partial charge in [-0.05, 0) is 83.1 Å². The van der Waals surface area contributed by atoms with Crippen molar-refractivity contribution in [1.82, 2.24) is 25.4 Å². The first kappa shape index (κ1) is 53.2. The lowest BCUT2D eigenvalue weighted by atomic mass is 10.2. The summed E-state index contributed by atoms with van der Waals surface area (Å²) < 4.78 is 49.1. The maximum absolute atomic E-state index is 11.0. The summed E-state index contributed by atoms with van der Waals surface area (Å²) in [7, 11) is -6.09. The minimum atomic E-state index is -3.05. The molecule has 5 N–H and O–H groups in total. The van der Waals surface area contributed by atoms with E-state index in [1.165, 1.54) is 0 Å². The molecule has 45 heavy (non-hydrogen) atoms. The van der Waals surface area contributed by atoms with Gasteiger partial charge in [-0.25, -0.2) is 26.3 Å². The van der Waals surface area contributed by atoms with Crippen LogP contribution in [-0.2, 0) is 29.6 Å². The Balaban J connectivity index is -0.000000149. The van der Waals surface area contributed by atoms with Gasteiger partial charge in [-0.2, -0.15) is 0 Å². The molecular weight excluding hydrogens is 615 g/mol. The second-order valence-electron chi connectivity index (χ2n) is 13.8. The highest BCUT2D eigenvalue weighted by Gasteiger charge is 2.16. The summed E-state index contributed by atoms with van der Waals surface area (Å²) in [5.41, 5.74) is 0. The van der Waals surface area contributed by atoms with E-state index in [-0.39, 0.29) is 58.3 Å². The van der Waals surface area contributed by atoms with Crippen molar-refractivity contribution in [2.24, 2.45) is 11.8 Å². The van der Waals surface area contributed by atoms with Crippen LogP contribution in [0.15, 0.2) is 0 Å². The van der Waals surface area contributed by atoms with E-state index >= 15 is 0 Å². The molecule has 0 heterocycles. The van der Waals surface area contributed by atoms with Crippen LogP contribution >= 0.6 is 0 Å². The molecule has 0 bridgehead atoms. The standard InChI is InChI=1S/2C7H15NO.2C6H15NO2S.C6H15N/c2*1-5(2)7(9)8-6(3)4;2*1-5(2)7-10(8,9)6(3)4;1-5(2)7-6(3)4/h2*5-6H,1-4H3,(H,8,9);2*5-7H,1-4H3;5-7H,1-4H3. The van der Waals surface area contributed by atoms with Crippen molar-refractivity contribution in [1.29, 1.82) is 0 Å². The van der Waals surface area contributed by atoms with Crippen molar-refractivity contribution < 1.29 is 26.4 Å². The van der Waals surface area contributed by atoms with E-state index in [4.69, 9.17) is 0 Å². The normalized spacial score (nSPS) is 11.7. The van der Waals surface area contributed by atoms with E-state index in [1.807, 2.05) is 55.4 Å². The lowest BCUT2D eigenvalue weighted by Gasteiger charge is -2.11. The van der Waals surface area contributed by atoms with Gasteiger partial charge in [0.05, 0.1) is 10.5 Å². The Bertz CT molecular complexity index is 867. The van der Waals surface area contributed by atoms with Crippen molar-refractivity contribution in [3.8, 4) is 0 Å².